The summed E-state index contributed by atoms with van der Waals surface area (Å²) in [7, 11) is 1.93. The molecule has 0 saturated carbocycles. The lowest BCUT2D eigenvalue weighted by molar-refractivity contribution is 0.262. The van der Waals surface area contributed by atoms with Crippen LogP contribution in [0.3, 0.4) is 0 Å². The van der Waals surface area contributed by atoms with Crippen molar-refractivity contribution in [1.82, 2.24) is 20.1 Å². The average molecular weight is 329 g/mol. The van der Waals surface area contributed by atoms with Crippen molar-refractivity contribution in [2.75, 3.05) is 18.1 Å². The molecule has 0 unspecified atom stereocenters. The summed E-state index contributed by atoms with van der Waals surface area (Å²) in [5.74, 6) is 1.03. The normalized spacial score (nSPS) is 18.1. The van der Waals surface area contributed by atoms with Gasteiger partial charge in [-0.15, -0.1) is 0 Å². The van der Waals surface area contributed by atoms with Gasteiger partial charge in [0.05, 0.1) is 6.20 Å². The predicted octanol–water partition coefficient (Wildman–Crippen LogP) is 1.85. The van der Waals surface area contributed by atoms with Crippen LogP contribution in [-0.4, -0.2) is 39.1 Å². The van der Waals surface area contributed by atoms with Crippen molar-refractivity contribution in [1.29, 1.82) is 0 Å². The van der Waals surface area contributed by atoms with E-state index >= 15 is 0 Å². The van der Waals surface area contributed by atoms with Crippen LogP contribution in [0.25, 0.3) is 0 Å². The average Bonchev–Trinajstić information content (AvgIpc) is 3.02. The summed E-state index contributed by atoms with van der Waals surface area (Å²) in [6.45, 7) is 2.89. The number of nitrogens with zero attached hydrogens (tertiary/aromatic N) is 4. The molecule has 0 aromatic carbocycles. The van der Waals surface area contributed by atoms with E-state index in [2.05, 4.69) is 32.4 Å². The highest BCUT2D eigenvalue weighted by Crippen LogP contribution is 2.24. The summed E-state index contributed by atoms with van der Waals surface area (Å²) in [6, 6.07) is 4.67. The van der Waals surface area contributed by atoms with E-state index in [-0.39, 0.29) is 6.61 Å². The second-order valence-electron chi connectivity index (χ2n) is 6.51. The maximum atomic E-state index is 9.26. The number of hydrogen-bond acceptors (Lipinski definition) is 5. The molecule has 1 aliphatic heterocycles. The van der Waals surface area contributed by atoms with E-state index in [0.717, 1.165) is 38.3 Å². The number of piperidine rings is 1. The first-order valence-electron chi connectivity index (χ1n) is 8.77. The van der Waals surface area contributed by atoms with Crippen LogP contribution in [0.4, 0.5) is 5.82 Å². The lowest BCUT2D eigenvalue weighted by Gasteiger charge is -2.36. The molecule has 0 radical (unpaired) electrons. The van der Waals surface area contributed by atoms with E-state index in [1.54, 1.807) is 0 Å². The minimum atomic E-state index is 0.248. The molecule has 6 nitrogen and oxygen atoms in total. The molecule has 130 valence electrons. The monoisotopic (exact) mass is 329 g/mol. The zero-order valence-electron chi connectivity index (χ0n) is 14.4. The van der Waals surface area contributed by atoms with Gasteiger partial charge in [-0.1, -0.05) is 6.07 Å². The van der Waals surface area contributed by atoms with Crippen molar-refractivity contribution >= 4 is 5.82 Å². The van der Waals surface area contributed by atoms with Gasteiger partial charge in [-0.2, -0.15) is 5.10 Å². The summed E-state index contributed by atoms with van der Waals surface area (Å²) in [6.07, 6.45) is 10.3. The van der Waals surface area contributed by atoms with Gasteiger partial charge in [0, 0.05) is 57.3 Å². The van der Waals surface area contributed by atoms with E-state index in [4.69, 9.17) is 0 Å². The maximum Gasteiger partial charge on any atom is 0.128 e. The van der Waals surface area contributed by atoms with Crippen LogP contribution in [0.1, 0.15) is 36.8 Å². The number of nitrogens with one attached hydrogen (secondary N) is 1. The van der Waals surface area contributed by atoms with Crippen molar-refractivity contribution in [3.05, 3.63) is 41.9 Å². The number of anilines is 1. The lowest BCUT2D eigenvalue weighted by atomic mass is 9.99. The molecule has 3 rings (SSSR count). The van der Waals surface area contributed by atoms with Gasteiger partial charge in [0.15, 0.2) is 0 Å². The van der Waals surface area contributed by atoms with Gasteiger partial charge in [0.1, 0.15) is 5.82 Å². The first-order valence-corrected chi connectivity index (χ1v) is 8.77. The molecule has 0 spiro atoms. The highest BCUT2D eigenvalue weighted by Gasteiger charge is 2.22. The Labute approximate surface area is 143 Å². The van der Waals surface area contributed by atoms with Crippen molar-refractivity contribution < 1.29 is 5.11 Å². The molecule has 1 atom stereocenters. The van der Waals surface area contributed by atoms with Crippen molar-refractivity contribution in [3.63, 3.8) is 0 Å². The Hall–Kier alpha value is -1.92. The van der Waals surface area contributed by atoms with Gasteiger partial charge in [0.2, 0.25) is 0 Å². The Morgan fingerprint density at radius 2 is 2.08 bits per heavy atom. The molecular weight excluding hydrogens is 302 g/mol. The largest absolute Gasteiger partial charge is 0.396 e. The van der Waals surface area contributed by atoms with E-state index in [1.165, 1.54) is 24.0 Å². The van der Waals surface area contributed by atoms with Crippen molar-refractivity contribution in [2.24, 2.45) is 7.05 Å². The molecule has 0 bridgehead atoms. The zero-order chi connectivity index (χ0) is 16.8. The van der Waals surface area contributed by atoms with Gasteiger partial charge in [-0.25, -0.2) is 4.98 Å². The second kappa shape index (κ2) is 8.26. The quantitative estimate of drug-likeness (QED) is 0.811. The number of aliphatic hydroxyl groups excluding tert-OH is 1. The molecule has 6 heteroatoms. The number of hydrogen-bond donors (Lipinski definition) is 2. The first kappa shape index (κ1) is 16.9. The fourth-order valence-corrected chi connectivity index (χ4v) is 3.36. The second-order valence-corrected chi connectivity index (χ2v) is 6.51. The lowest BCUT2D eigenvalue weighted by Crippen LogP contribution is -2.40. The number of aliphatic hydroxyl groups is 1. The van der Waals surface area contributed by atoms with E-state index in [0.29, 0.717) is 6.04 Å². The molecular formula is C18H27N5O. The Morgan fingerprint density at radius 1 is 1.21 bits per heavy atom. The molecule has 2 aromatic rings. The summed E-state index contributed by atoms with van der Waals surface area (Å²) in [4.78, 5) is 7.01. The number of aromatic nitrogens is 3. The predicted molar refractivity (Wildman–Crippen MR) is 94.7 cm³/mol. The summed E-state index contributed by atoms with van der Waals surface area (Å²) in [5, 5.41) is 16.8. The zero-order valence-corrected chi connectivity index (χ0v) is 14.4. The molecule has 0 amide bonds. The fraction of sp³-hybridized carbons (Fsp3) is 0.556. The van der Waals surface area contributed by atoms with E-state index in [1.807, 2.05) is 30.3 Å². The van der Waals surface area contributed by atoms with Crippen LogP contribution in [0.5, 0.6) is 0 Å². The third-order valence-electron chi connectivity index (χ3n) is 4.61. The first-order chi connectivity index (χ1) is 11.8. The number of rotatable bonds is 7. The molecule has 1 fully saturated rings. The van der Waals surface area contributed by atoms with Crippen LogP contribution in [0.15, 0.2) is 30.7 Å². The standard InChI is InChI=1S/C18H27N5O/c1-22-14-16(13-21-22)11-19-10-15-5-6-18(20-12-15)23-8-3-2-4-17(23)7-9-24/h5-6,12-14,17,19,24H,2-4,7-11H2,1H3/t17-/m1/s1. The molecule has 2 N–H and O–H groups in total. The minimum absolute atomic E-state index is 0.248. The van der Waals surface area contributed by atoms with Crippen LogP contribution in [0.2, 0.25) is 0 Å². The van der Waals surface area contributed by atoms with Gasteiger partial charge in [-0.05, 0) is 37.3 Å². The van der Waals surface area contributed by atoms with Gasteiger partial charge < -0.3 is 15.3 Å². The van der Waals surface area contributed by atoms with Gasteiger partial charge in [-0.3, -0.25) is 4.68 Å². The topological polar surface area (TPSA) is 66.2 Å². The number of aryl methyl sites for hydroxylation is 1. The molecule has 0 aliphatic carbocycles. The molecule has 3 heterocycles. The summed E-state index contributed by atoms with van der Waals surface area (Å²) in [5.41, 5.74) is 2.36. The molecule has 1 aliphatic rings. The fourth-order valence-electron chi connectivity index (χ4n) is 3.36. The molecule has 1 saturated heterocycles. The molecule has 2 aromatic heterocycles. The van der Waals surface area contributed by atoms with E-state index < -0.39 is 0 Å². The third kappa shape index (κ3) is 4.33. The highest BCUT2D eigenvalue weighted by atomic mass is 16.3. The smallest absolute Gasteiger partial charge is 0.128 e. The Bertz CT molecular complexity index is 623. The number of pyridine rings is 1. The Kier molecular flexibility index (Phi) is 5.82. The van der Waals surface area contributed by atoms with Crippen LogP contribution in [0, 0.1) is 0 Å². The van der Waals surface area contributed by atoms with Gasteiger partial charge in [0.25, 0.3) is 0 Å². The summed E-state index contributed by atoms with van der Waals surface area (Å²) < 4.78 is 1.81. The van der Waals surface area contributed by atoms with Crippen LogP contribution < -0.4 is 10.2 Å². The highest BCUT2D eigenvalue weighted by molar-refractivity contribution is 5.41. The maximum absolute atomic E-state index is 9.26. The summed E-state index contributed by atoms with van der Waals surface area (Å²) >= 11 is 0. The van der Waals surface area contributed by atoms with E-state index in [9.17, 15) is 5.11 Å². The van der Waals surface area contributed by atoms with Crippen LogP contribution in [-0.2, 0) is 20.1 Å². The van der Waals surface area contributed by atoms with Gasteiger partial charge >= 0.3 is 0 Å². The van der Waals surface area contributed by atoms with Crippen LogP contribution >= 0.6 is 0 Å². The van der Waals surface area contributed by atoms with Crippen molar-refractivity contribution in [3.8, 4) is 0 Å². The van der Waals surface area contributed by atoms with Crippen molar-refractivity contribution in [2.45, 2.75) is 44.8 Å². The Balaban J connectivity index is 1.54. The SMILES string of the molecule is Cn1cc(CNCc2ccc(N3CCCC[C@@H]3CCO)nc2)cn1. The molecule has 24 heavy (non-hydrogen) atoms. The minimum Gasteiger partial charge on any atom is -0.396 e. The third-order valence-corrected chi connectivity index (χ3v) is 4.61. The Morgan fingerprint density at radius 3 is 2.79 bits per heavy atom.